The molecule has 1 aliphatic rings. The van der Waals surface area contributed by atoms with Gasteiger partial charge in [-0.3, -0.25) is 14.9 Å². The summed E-state index contributed by atoms with van der Waals surface area (Å²) in [6.07, 6.45) is 0.629. The van der Waals surface area contributed by atoms with E-state index >= 15 is 0 Å². The quantitative estimate of drug-likeness (QED) is 0.576. The third kappa shape index (κ3) is 4.54. The summed E-state index contributed by atoms with van der Waals surface area (Å²) in [6.45, 7) is -1.25. The van der Waals surface area contributed by atoms with E-state index in [0.717, 1.165) is 6.07 Å². The van der Waals surface area contributed by atoms with Crippen LogP contribution in [0.15, 0.2) is 48.5 Å². The Balaban J connectivity index is 1.78. The topological polar surface area (TPSA) is 75.9 Å². The molecule has 0 unspecified atom stereocenters. The fourth-order valence-corrected chi connectivity index (χ4v) is 3.19. The van der Waals surface area contributed by atoms with E-state index in [4.69, 9.17) is 0 Å². The highest BCUT2D eigenvalue weighted by molar-refractivity contribution is 5.94. The van der Waals surface area contributed by atoms with Gasteiger partial charge in [-0.05, 0) is 24.6 Å². The molecule has 1 amide bonds. The third-order valence-corrected chi connectivity index (χ3v) is 4.51. The predicted molar refractivity (Wildman–Crippen MR) is 98.9 cm³/mol. The fourth-order valence-electron chi connectivity index (χ4n) is 3.19. The molecule has 0 aromatic heterocycles. The van der Waals surface area contributed by atoms with Gasteiger partial charge in [0.15, 0.2) is 5.75 Å². The normalized spacial score (nSPS) is 14.7. The van der Waals surface area contributed by atoms with Gasteiger partial charge in [0, 0.05) is 37.8 Å². The summed E-state index contributed by atoms with van der Waals surface area (Å²) >= 11 is 0. The van der Waals surface area contributed by atoms with E-state index in [1.165, 1.54) is 12.1 Å². The summed E-state index contributed by atoms with van der Waals surface area (Å²) in [4.78, 5) is 26.4. The van der Waals surface area contributed by atoms with Crippen LogP contribution in [0, 0.1) is 10.1 Å². The highest BCUT2D eigenvalue weighted by atomic mass is 19.3. The molecule has 9 heteroatoms. The summed E-state index contributed by atoms with van der Waals surface area (Å²) in [6, 6.07) is 12.6. The number of benzene rings is 2. The van der Waals surface area contributed by atoms with Gasteiger partial charge < -0.3 is 14.5 Å². The molecule has 0 saturated carbocycles. The molecule has 0 aliphatic carbocycles. The van der Waals surface area contributed by atoms with Crippen molar-refractivity contribution >= 4 is 17.3 Å². The summed E-state index contributed by atoms with van der Waals surface area (Å²) in [7, 11) is 0. The van der Waals surface area contributed by atoms with Crippen molar-refractivity contribution in [2.45, 2.75) is 13.0 Å². The fraction of sp³-hybridized carbons (Fsp3) is 0.316. The van der Waals surface area contributed by atoms with Gasteiger partial charge in [-0.1, -0.05) is 18.2 Å². The number of anilines is 1. The Labute approximate surface area is 160 Å². The molecule has 0 N–H and O–H groups in total. The Morgan fingerprint density at radius 2 is 1.82 bits per heavy atom. The standard InChI is InChI=1S/C19H19F2N3O4/c20-19(21)28-17-13-15(24(26)27)7-8-16(17)22-9-4-10-23(12-11-22)18(25)14-5-2-1-3-6-14/h1-3,5-8,13,19H,4,9-12H2. The molecular weight excluding hydrogens is 372 g/mol. The average Bonchev–Trinajstić information content (AvgIpc) is 2.93. The lowest BCUT2D eigenvalue weighted by Gasteiger charge is -2.25. The molecule has 148 valence electrons. The molecule has 2 aromatic rings. The Bertz CT molecular complexity index is 848. The summed E-state index contributed by atoms with van der Waals surface area (Å²) in [5, 5.41) is 10.9. The predicted octanol–water partition coefficient (Wildman–Crippen LogP) is 3.55. The second-order valence-electron chi connectivity index (χ2n) is 6.29. The number of ether oxygens (including phenoxy) is 1. The molecule has 7 nitrogen and oxygen atoms in total. The van der Waals surface area contributed by atoms with Crippen molar-refractivity contribution in [3.63, 3.8) is 0 Å². The Morgan fingerprint density at radius 3 is 2.50 bits per heavy atom. The molecular formula is C19H19F2N3O4. The van der Waals surface area contributed by atoms with Gasteiger partial charge >= 0.3 is 6.61 Å². The largest absolute Gasteiger partial charge is 0.432 e. The lowest BCUT2D eigenvalue weighted by Crippen LogP contribution is -2.35. The summed E-state index contributed by atoms with van der Waals surface area (Å²) in [5.41, 5.74) is 0.614. The maximum Gasteiger partial charge on any atom is 0.387 e. The van der Waals surface area contributed by atoms with E-state index in [9.17, 15) is 23.7 Å². The van der Waals surface area contributed by atoms with Gasteiger partial charge in [0.1, 0.15) is 0 Å². The van der Waals surface area contributed by atoms with Crippen LogP contribution in [0.4, 0.5) is 20.2 Å². The monoisotopic (exact) mass is 391 g/mol. The average molecular weight is 391 g/mol. The van der Waals surface area contributed by atoms with E-state index in [1.807, 2.05) is 6.07 Å². The van der Waals surface area contributed by atoms with E-state index < -0.39 is 11.5 Å². The number of nitro benzene ring substituents is 1. The van der Waals surface area contributed by atoms with Crippen molar-refractivity contribution in [2.24, 2.45) is 0 Å². The van der Waals surface area contributed by atoms with Gasteiger partial charge in [-0.2, -0.15) is 8.78 Å². The number of nitro groups is 1. The molecule has 28 heavy (non-hydrogen) atoms. The number of carbonyl (C=O) groups excluding carboxylic acids is 1. The van der Waals surface area contributed by atoms with E-state index in [0.29, 0.717) is 43.9 Å². The second kappa shape index (κ2) is 8.64. The van der Waals surface area contributed by atoms with Gasteiger partial charge in [-0.15, -0.1) is 0 Å². The van der Waals surface area contributed by atoms with E-state index in [-0.39, 0.29) is 17.3 Å². The molecule has 1 heterocycles. The number of hydrogen-bond acceptors (Lipinski definition) is 5. The Morgan fingerprint density at radius 1 is 1.07 bits per heavy atom. The molecule has 0 bridgehead atoms. The van der Waals surface area contributed by atoms with Crippen LogP contribution in [0.3, 0.4) is 0 Å². The Hall–Kier alpha value is -3.23. The lowest BCUT2D eigenvalue weighted by atomic mass is 10.2. The third-order valence-electron chi connectivity index (χ3n) is 4.51. The van der Waals surface area contributed by atoms with Crippen molar-refractivity contribution in [2.75, 3.05) is 31.1 Å². The number of hydrogen-bond donors (Lipinski definition) is 0. The van der Waals surface area contributed by atoms with Crippen LogP contribution in [-0.4, -0.2) is 48.5 Å². The van der Waals surface area contributed by atoms with Crippen LogP contribution >= 0.6 is 0 Å². The molecule has 0 radical (unpaired) electrons. The number of alkyl halides is 2. The van der Waals surface area contributed by atoms with Crippen molar-refractivity contribution in [1.29, 1.82) is 0 Å². The van der Waals surface area contributed by atoms with Crippen molar-refractivity contribution in [3.8, 4) is 5.75 Å². The number of rotatable bonds is 5. The number of nitrogens with zero attached hydrogens (tertiary/aromatic N) is 3. The van der Waals surface area contributed by atoms with Gasteiger partial charge in [-0.25, -0.2) is 0 Å². The van der Waals surface area contributed by atoms with Crippen LogP contribution in [-0.2, 0) is 0 Å². The van der Waals surface area contributed by atoms with Gasteiger partial charge in [0.05, 0.1) is 16.7 Å². The molecule has 0 spiro atoms. The van der Waals surface area contributed by atoms with E-state index in [2.05, 4.69) is 4.74 Å². The maximum atomic E-state index is 12.8. The molecule has 1 aliphatic heterocycles. The van der Waals surface area contributed by atoms with Crippen LogP contribution in [0.5, 0.6) is 5.75 Å². The highest BCUT2D eigenvalue weighted by Gasteiger charge is 2.24. The van der Waals surface area contributed by atoms with Crippen LogP contribution in [0.1, 0.15) is 16.8 Å². The number of halogens is 2. The zero-order chi connectivity index (χ0) is 20.1. The first kappa shape index (κ1) is 19.5. The number of non-ortho nitro benzene ring substituents is 1. The van der Waals surface area contributed by atoms with Crippen LogP contribution < -0.4 is 9.64 Å². The van der Waals surface area contributed by atoms with Gasteiger partial charge in [0.25, 0.3) is 11.6 Å². The SMILES string of the molecule is O=C(c1ccccc1)N1CCCN(c2ccc([N+](=O)[O-])cc2OC(F)F)CC1. The second-order valence-corrected chi connectivity index (χ2v) is 6.29. The zero-order valence-electron chi connectivity index (χ0n) is 15.0. The molecule has 2 aromatic carbocycles. The van der Waals surface area contributed by atoms with Crippen molar-refractivity contribution < 1.29 is 23.2 Å². The summed E-state index contributed by atoms with van der Waals surface area (Å²) < 4.78 is 30.1. The Kier molecular flexibility index (Phi) is 6.03. The molecule has 0 atom stereocenters. The van der Waals surface area contributed by atoms with Crippen molar-refractivity contribution in [1.82, 2.24) is 4.90 Å². The van der Waals surface area contributed by atoms with Crippen molar-refractivity contribution in [3.05, 3.63) is 64.2 Å². The minimum absolute atomic E-state index is 0.0878. The van der Waals surface area contributed by atoms with Gasteiger partial charge in [0.2, 0.25) is 0 Å². The van der Waals surface area contributed by atoms with Crippen LogP contribution in [0.2, 0.25) is 0 Å². The number of carbonyl (C=O) groups is 1. The first-order valence-corrected chi connectivity index (χ1v) is 8.78. The lowest BCUT2D eigenvalue weighted by molar-refractivity contribution is -0.385. The minimum Gasteiger partial charge on any atom is -0.432 e. The van der Waals surface area contributed by atoms with E-state index in [1.54, 1.807) is 34.1 Å². The first-order valence-electron chi connectivity index (χ1n) is 8.78. The molecule has 3 rings (SSSR count). The highest BCUT2D eigenvalue weighted by Crippen LogP contribution is 2.34. The van der Waals surface area contributed by atoms with Crippen LogP contribution in [0.25, 0.3) is 0 Å². The maximum absolute atomic E-state index is 12.8. The first-order chi connectivity index (χ1) is 13.5. The minimum atomic E-state index is -3.09. The summed E-state index contributed by atoms with van der Waals surface area (Å²) in [5.74, 6) is -0.331. The zero-order valence-corrected chi connectivity index (χ0v) is 15.0. The smallest absolute Gasteiger partial charge is 0.387 e. The molecule has 1 fully saturated rings. The number of amides is 1. The molecule has 1 saturated heterocycles.